The van der Waals surface area contributed by atoms with E-state index in [9.17, 15) is 9.59 Å². The predicted octanol–water partition coefficient (Wildman–Crippen LogP) is 5.91. The lowest BCUT2D eigenvalue weighted by Crippen LogP contribution is -2.54. The van der Waals surface area contributed by atoms with Crippen LogP contribution >= 0.6 is 11.6 Å². The Balaban J connectivity index is 1.02. The van der Waals surface area contributed by atoms with Gasteiger partial charge in [0.25, 0.3) is 11.8 Å². The number of nitrogens with zero attached hydrogens (tertiary/aromatic N) is 3. The van der Waals surface area contributed by atoms with E-state index in [1.807, 2.05) is 53.4 Å². The maximum absolute atomic E-state index is 13.6. The zero-order valence-electron chi connectivity index (χ0n) is 25.4. The van der Waals surface area contributed by atoms with Gasteiger partial charge in [-0.1, -0.05) is 66.0 Å². The van der Waals surface area contributed by atoms with Crippen molar-refractivity contribution in [3.05, 3.63) is 106 Å². The summed E-state index contributed by atoms with van der Waals surface area (Å²) in [6.45, 7) is 7.79. The average molecular weight is 613 g/mol. The van der Waals surface area contributed by atoms with Crippen LogP contribution in [0.15, 0.2) is 78.6 Å². The molecule has 2 heterocycles. The molecular formula is C36H41ClN4O3. The number of ether oxygens (including phenoxy) is 1. The number of carbonyl (C=O) groups excluding carboxylic acids is 2. The number of hydrogen-bond donors (Lipinski definition) is 1. The molecule has 3 aromatic carbocycles. The van der Waals surface area contributed by atoms with E-state index in [0.29, 0.717) is 24.4 Å². The van der Waals surface area contributed by atoms with Gasteiger partial charge in [0.1, 0.15) is 6.10 Å². The van der Waals surface area contributed by atoms with E-state index in [0.717, 1.165) is 80.2 Å². The summed E-state index contributed by atoms with van der Waals surface area (Å²) in [5.41, 5.74) is 4.93. The lowest BCUT2D eigenvalue weighted by Gasteiger charge is -2.44. The second-order valence-corrected chi connectivity index (χ2v) is 12.6. The smallest absolute Gasteiger partial charge is 0.289 e. The van der Waals surface area contributed by atoms with Crippen LogP contribution in [0.3, 0.4) is 0 Å². The van der Waals surface area contributed by atoms with E-state index < -0.39 is 0 Å². The SMILES string of the molecule is Cc1ccc(CN2C(=O)/C(=C\c3ccc(C(=O)NCCN4CCN(c5cccc(Cl)c5)CC4)cc3)OC3CCCCC32)cc1. The largest absolute Gasteiger partial charge is 0.482 e. The van der Waals surface area contributed by atoms with Crippen molar-refractivity contribution >= 4 is 35.2 Å². The molecular weight excluding hydrogens is 572 g/mol. The highest BCUT2D eigenvalue weighted by atomic mass is 35.5. The van der Waals surface area contributed by atoms with Crippen LogP contribution in [0.4, 0.5) is 5.69 Å². The number of fused-ring (bicyclic) bond motifs is 1. The van der Waals surface area contributed by atoms with Crippen LogP contribution < -0.4 is 10.2 Å². The van der Waals surface area contributed by atoms with Crippen LogP contribution in [0.5, 0.6) is 0 Å². The van der Waals surface area contributed by atoms with Crippen LogP contribution in [0.2, 0.25) is 5.02 Å². The molecule has 1 aliphatic carbocycles. The summed E-state index contributed by atoms with van der Waals surface area (Å²) < 4.78 is 6.30. The summed E-state index contributed by atoms with van der Waals surface area (Å²) in [5.74, 6) is 0.220. The molecule has 2 saturated heterocycles. The second-order valence-electron chi connectivity index (χ2n) is 12.1. The molecule has 0 spiro atoms. The van der Waals surface area contributed by atoms with E-state index in [-0.39, 0.29) is 24.0 Å². The molecule has 0 bridgehead atoms. The van der Waals surface area contributed by atoms with Crippen LogP contribution in [0.25, 0.3) is 6.08 Å². The van der Waals surface area contributed by atoms with Crippen molar-refractivity contribution < 1.29 is 14.3 Å². The van der Waals surface area contributed by atoms with Gasteiger partial charge in [0.15, 0.2) is 5.76 Å². The first kappa shape index (κ1) is 30.2. The number of piperazine rings is 1. The number of morpholine rings is 1. The molecule has 7 nitrogen and oxygen atoms in total. The Labute approximate surface area is 265 Å². The first-order valence-electron chi connectivity index (χ1n) is 15.8. The lowest BCUT2D eigenvalue weighted by molar-refractivity contribution is -0.149. The molecule has 44 heavy (non-hydrogen) atoms. The molecule has 1 N–H and O–H groups in total. The fourth-order valence-corrected chi connectivity index (χ4v) is 6.65. The van der Waals surface area contributed by atoms with Gasteiger partial charge in [-0.2, -0.15) is 0 Å². The third-order valence-electron chi connectivity index (χ3n) is 9.02. The Kier molecular flexibility index (Phi) is 9.53. The maximum atomic E-state index is 13.6. The normalized spacial score (nSPS) is 21.6. The van der Waals surface area contributed by atoms with Crippen LogP contribution in [0.1, 0.15) is 52.7 Å². The van der Waals surface area contributed by atoms with Gasteiger partial charge in [-0.15, -0.1) is 0 Å². The molecule has 3 aliphatic rings. The zero-order valence-corrected chi connectivity index (χ0v) is 26.1. The number of rotatable bonds is 8. The van der Waals surface area contributed by atoms with Gasteiger partial charge < -0.3 is 19.9 Å². The Bertz CT molecular complexity index is 1480. The minimum absolute atomic E-state index is 0.0167. The van der Waals surface area contributed by atoms with Gasteiger partial charge >= 0.3 is 0 Å². The number of aryl methyl sites for hydroxylation is 1. The molecule has 2 aliphatic heterocycles. The summed E-state index contributed by atoms with van der Waals surface area (Å²) in [6.07, 6.45) is 5.99. The molecule has 1 saturated carbocycles. The van der Waals surface area contributed by atoms with E-state index >= 15 is 0 Å². The van der Waals surface area contributed by atoms with Crippen molar-refractivity contribution in [2.45, 2.75) is 51.3 Å². The van der Waals surface area contributed by atoms with Crippen LogP contribution in [-0.4, -0.2) is 73.0 Å². The average Bonchev–Trinajstić information content (AvgIpc) is 3.04. The Morgan fingerprint density at radius 3 is 2.48 bits per heavy atom. The number of hydrogen-bond acceptors (Lipinski definition) is 5. The second kappa shape index (κ2) is 13.9. The minimum atomic E-state index is -0.0962. The number of halogens is 1. The number of carbonyl (C=O) groups is 2. The number of amides is 2. The molecule has 8 heteroatoms. The highest BCUT2D eigenvalue weighted by Gasteiger charge is 2.41. The molecule has 230 valence electrons. The van der Waals surface area contributed by atoms with Crippen molar-refractivity contribution in [1.29, 1.82) is 0 Å². The molecule has 2 amide bonds. The third-order valence-corrected chi connectivity index (χ3v) is 9.26. The first-order chi connectivity index (χ1) is 21.4. The van der Waals surface area contributed by atoms with Gasteiger partial charge in [-0.25, -0.2) is 0 Å². The van der Waals surface area contributed by atoms with Crippen molar-refractivity contribution in [1.82, 2.24) is 15.1 Å². The molecule has 2 unspecified atom stereocenters. The Morgan fingerprint density at radius 1 is 0.977 bits per heavy atom. The Morgan fingerprint density at radius 2 is 1.73 bits per heavy atom. The van der Waals surface area contributed by atoms with Crippen molar-refractivity contribution in [3.8, 4) is 0 Å². The zero-order chi connectivity index (χ0) is 30.5. The monoisotopic (exact) mass is 612 g/mol. The predicted molar refractivity (Wildman–Crippen MR) is 176 cm³/mol. The summed E-state index contributed by atoms with van der Waals surface area (Å²) in [5, 5.41) is 3.81. The highest BCUT2D eigenvalue weighted by Crippen LogP contribution is 2.34. The Hall–Kier alpha value is -3.81. The fourth-order valence-electron chi connectivity index (χ4n) is 6.47. The van der Waals surface area contributed by atoms with E-state index in [1.165, 1.54) is 5.56 Å². The molecule has 0 aromatic heterocycles. The van der Waals surface area contributed by atoms with E-state index in [2.05, 4.69) is 52.4 Å². The van der Waals surface area contributed by atoms with Crippen LogP contribution in [0, 0.1) is 6.92 Å². The van der Waals surface area contributed by atoms with E-state index in [4.69, 9.17) is 16.3 Å². The molecule has 3 aromatic rings. The fraction of sp³-hybridized carbons (Fsp3) is 0.389. The van der Waals surface area contributed by atoms with Gasteiger partial charge in [0.2, 0.25) is 0 Å². The van der Waals surface area contributed by atoms with Crippen molar-refractivity contribution in [3.63, 3.8) is 0 Å². The van der Waals surface area contributed by atoms with Crippen molar-refractivity contribution in [2.24, 2.45) is 0 Å². The minimum Gasteiger partial charge on any atom is -0.482 e. The summed E-state index contributed by atoms with van der Waals surface area (Å²) in [7, 11) is 0. The number of anilines is 1. The van der Waals surface area contributed by atoms with E-state index in [1.54, 1.807) is 0 Å². The lowest BCUT2D eigenvalue weighted by atomic mass is 9.89. The standard InChI is InChI=1S/C36H41ClN4O3/c1-26-9-11-28(12-10-26)25-41-32-7-2-3-8-33(32)44-34(36(41)43)23-27-13-15-29(16-14-27)35(42)38-17-18-39-19-21-40(22-20-39)31-6-4-5-30(37)24-31/h4-6,9-16,23-24,32-33H,2-3,7-8,17-22,25H2,1H3,(H,38,42)/b34-23+. The molecule has 6 rings (SSSR count). The highest BCUT2D eigenvalue weighted by molar-refractivity contribution is 6.30. The quantitative estimate of drug-likeness (QED) is 0.320. The van der Waals surface area contributed by atoms with Gasteiger partial charge in [-0.3, -0.25) is 14.5 Å². The van der Waals surface area contributed by atoms with Gasteiger partial charge in [0.05, 0.1) is 6.04 Å². The molecule has 2 atom stereocenters. The van der Waals surface area contributed by atoms with Gasteiger partial charge in [-0.05, 0) is 73.7 Å². The number of benzene rings is 3. The summed E-state index contributed by atoms with van der Waals surface area (Å²) in [4.78, 5) is 33.2. The third kappa shape index (κ3) is 7.28. The topological polar surface area (TPSA) is 65.1 Å². The van der Waals surface area contributed by atoms with Crippen LogP contribution in [-0.2, 0) is 16.1 Å². The summed E-state index contributed by atoms with van der Waals surface area (Å²) in [6, 6.07) is 23.9. The first-order valence-corrected chi connectivity index (χ1v) is 16.2. The number of nitrogens with one attached hydrogen (secondary N) is 1. The molecule has 3 fully saturated rings. The summed E-state index contributed by atoms with van der Waals surface area (Å²) >= 11 is 6.16. The van der Waals surface area contributed by atoms with Gasteiger partial charge in [0, 0.05) is 62.1 Å². The maximum Gasteiger partial charge on any atom is 0.289 e. The van der Waals surface area contributed by atoms with Crippen molar-refractivity contribution in [2.75, 3.05) is 44.2 Å². The molecule has 0 radical (unpaired) electrons.